The number of sulfonamides is 1. The molecule has 2 aromatic carbocycles. The summed E-state index contributed by atoms with van der Waals surface area (Å²) in [5, 5.41) is 2.97. The number of hydrogen-bond acceptors (Lipinski definition) is 5. The molecule has 0 spiro atoms. The maximum absolute atomic E-state index is 13.2. The minimum atomic E-state index is -3.75. The highest BCUT2D eigenvalue weighted by Crippen LogP contribution is 2.26. The molecule has 0 aromatic heterocycles. The zero-order chi connectivity index (χ0) is 24.9. The van der Waals surface area contributed by atoms with Gasteiger partial charge in [-0.15, -0.1) is 0 Å². The molecule has 1 N–H and O–H groups in total. The van der Waals surface area contributed by atoms with Gasteiger partial charge in [0.1, 0.15) is 5.82 Å². The zero-order valence-corrected chi connectivity index (χ0v) is 20.5. The molecule has 0 radical (unpaired) electrons. The zero-order valence-electron chi connectivity index (χ0n) is 19.7. The van der Waals surface area contributed by atoms with E-state index < -0.39 is 27.9 Å². The number of aryl methyl sites for hydroxylation is 1. The molecule has 0 saturated carbocycles. The first-order valence-electron chi connectivity index (χ1n) is 11.4. The fraction of sp³-hybridized carbons (Fsp3) is 0.440. The van der Waals surface area contributed by atoms with Crippen molar-refractivity contribution in [3.05, 3.63) is 65.5 Å². The van der Waals surface area contributed by atoms with Crippen LogP contribution in [0.15, 0.2) is 53.4 Å². The molecule has 1 amide bonds. The van der Waals surface area contributed by atoms with E-state index >= 15 is 0 Å². The molecule has 184 valence electrons. The minimum absolute atomic E-state index is 0.00473. The summed E-state index contributed by atoms with van der Waals surface area (Å²) < 4.78 is 45.4. The Kier molecular flexibility index (Phi) is 8.43. The van der Waals surface area contributed by atoms with E-state index in [1.54, 1.807) is 13.8 Å². The Morgan fingerprint density at radius 1 is 1.06 bits per heavy atom. The van der Waals surface area contributed by atoms with Crippen LogP contribution in [0.2, 0.25) is 0 Å². The Morgan fingerprint density at radius 2 is 1.65 bits per heavy atom. The highest BCUT2D eigenvalue weighted by Gasteiger charge is 2.33. The van der Waals surface area contributed by atoms with Crippen LogP contribution in [0, 0.1) is 18.7 Å². The number of carbonyl (C=O) groups is 2. The monoisotopic (exact) mass is 490 g/mol. The molecule has 1 aliphatic rings. The smallest absolute Gasteiger partial charge is 0.308 e. The van der Waals surface area contributed by atoms with Crippen molar-refractivity contribution in [2.75, 3.05) is 13.1 Å². The predicted molar refractivity (Wildman–Crippen MR) is 126 cm³/mol. The van der Waals surface area contributed by atoms with Gasteiger partial charge in [-0.1, -0.05) is 29.8 Å². The van der Waals surface area contributed by atoms with Crippen LogP contribution in [0.3, 0.4) is 0 Å². The number of ether oxygens (including phenoxy) is 1. The lowest BCUT2D eigenvalue weighted by molar-refractivity contribution is -0.148. The van der Waals surface area contributed by atoms with E-state index in [0.29, 0.717) is 12.8 Å². The Labute approximate surface area is 200 Å². The summed E-state index contributed by atoms with van der Waals surface area (Å²) >= 11 is 0. The van der Waals surface area contributed by atoms with Gasteiger partial charge in [0.15, 0.2) is 0 Å². The molecule has 1 unspecified atom stereocenters. The fourth-order valence-corrected chi connectivity index (χ4v) is 5.40. The number of hydrogen-bond donors (Lipinski definition) is 1. The van der Waals surface area contributed by atoms with Crippen molar-refractivity contribution < 1.29 is 27.1 Å². The minimum Gasteiger partial charge on any atom is -0.463 e. The fourth-order valence-electron chi connectivity index (χ4n) is 3.93. The molecule has 1 fully saturated rings. The van der Waals surface area contributed by atoms with Crippen LogP contribution in [-0.4, -0.2) is 43.8 Å². The molecule has 1 saturated heterocycles. The lowest BCUT2D eigenvalue weighted by Gasteiger charge is -2.31. The number of carbonyl (C=O) groups excluding carboxylic acids is 2. The highest BCUT2D eigenvalue weighted by molar-refractivity contribution is 7.89. The number of piperidine rings is 1. The Morgan fingerprint density at radius 3 is 2.21 bits per heavy atom. The van der Waals surface area contributed by atoms with Gasteiger partial charge in [-0.25, -0.2) is 12.8 Å². The molecular formula is C25H31FN2O5S. The van der Waals surface area contributed by atoms with Gasteiger partial charge in [0, 0.05) is 19.0 Å². The summed E-state index contributed by atoms with van der Waals surface area (Å²) in [7, 11) is -3.75. The van der Waals surface area contributed by atoms with Crippen molar-refractivity contribution in [2.24, 2.45) is 5.92 Å². The van der Waals surface area contributed by atoms with Gasteiger partial charge in [0.05, 0.1) is 23.5 Å². The van der Waals surface area contributed by atoms with Crippen molar-refractivity contribution in [3.63, 3.8) is 0 Å². The second-order valence-corrected chi connectivity index (χ2v) is 10.8. The van der Waals surface area contributed by atoms with Crippen molar-refractivity contribution in [1.29, 1.82) is 0 Å². The number of esters is 1. The van der Waals surface area contributed by atoms with Gasteiger partial charge in [-0.2, -0.15) is 4.31 Å². The molecular weight excluding hydrogens is 459 g/mol. The summed E-state index contributed by atoms with van der Waals surface area (Å²) in [6.45, 7) is 5.86. The van der Waals surface area contributed by atoms with Gasteiger partial charge in [0.2, 0.25) is 15.9 Å². The van der Waals surface area contributed by atoms with E-state index in [1.807, 2.05) is 31.2 Å². The third-order valence-electron chi connectivity index (χ3n) is 5.81. The topological polar surface area (TPSA) is 92.8 Å². The third-order valence-corrected chi connectivity index (χ3v) is 7.72. The van der Waals surface area contributed by atoms with Gasteiger partial charge in [-0.05, 0) is 63.4 Å². The molecule has 9 heteroatoms. The first-order valence-corrected chi connectivity index (χ1v) is 12.8. The predicted octanol–water partition coefficient (Wildman–Crippen LogP) is 3.73. The quantitative estimate of drug-likeness (QED) is 0.569. The van der Waals surface area contributed by atoms with E-state index in [9.17, 15) is 22.4 Å². The summed E-state index contributed by atoms with van der Waals surface area (Å²) in [4.78, 5) is 25.4. The van der Waals surface area contributed by atoms with Crippen LogP contribution in [0.4, 0.5) is 4.39 Å². The van der Waals surface area contributed by atoms with Crippen LogP contribution in [-0.2, 0) is 24.3 Å². The summed E-state index contributed by atoms with van der Waals surface area (Å²) in [6, 6.07) is 11.8. The lowest BCUT2D eigenvalue weighted by Crippen LogP contribution is -2.44. The van der Waals surface area contributed by atoms with Crippen LogP contribution in [0.5, 0.6) is 0 Å². The molecule has 3 rings (SSSR count). The van der Waals surface area contributed by atoms with Crippen molar-refractivity contribution >= 4 is 21.9 Å². The molecule has 1 heterocycles. The second-order valence-electron chi connectivity index (χ2n) is 8.85. The normalized spacial score (nSPS) is 16.3. The van der Waals surface area contributed by atoms with E-state index in [2.05, 4.69) is 5.32 Å². The molecule has 0 bridgehead atoms. The molecule has 1 aliphatic heterocycles. The number of halogens is 1. The maximum Gasteiger partial charge on any atom is 0.308 e. The first kappa shape index (κ1) is 25.8. The van der Waals surface area contributed by atoms with E-state index in [0.717, 1.165) is 23.3 Å². The maximum atomic E-state index is 13.2. The van der Waals surface area contributed by atoms with Crippen LogP contribution in [0.1, 0.15) is 50.3 Å². The van der Waals surface area contributed by atoms with E-state index in [1.165, 1.54) is 16.4 Å². The van der Waals surface area contributed by atoms with Gasteiger partial charge >= 0.3 is 5.97 Å². The third kappa shape index (κ3) is 6.64. The van der Waals surface area contributed by atoms with E-state index in [-0.39, 0.29) is 42.3 Å². The number of nitrogens with zero attached hydrogens (tertiary/aromatic N) is 1. The molecule has 7 nitrogen and oxygen atoms in total. The Hall–Kier alpha value is -2.78. The summed E-state index contributed by atoms with van der Waals surface area (Å²) in [6.07, 6.45) is 0.450. The van der Waals surface area contributed by atoms with Crippen molar-refractivity contribution in [1.82, 2.24) is 9.62 Å². The summed E-state index contributed by atoms with van der Waals surface area (Å²) in [5.41, 5.74) is 1.87. The standard InChI is InChI=1S/C25H31FN2O5S/c1-17(2)33-24(29)16-23(19-6-4-18(3)5-7-19)27-25(30)20-12-14-28(15-13-20)34(31,32)22-10-8-21(26)9-11-22/h4-11,17,20,23H,12-16H2,1-3H3,(H,27,30). The van der Waals surface area contributed by atoms with Crippen molar-refractivity contribution in [2.45, 2.75) is 57.1 Å². The Bertz CT molecular complexity index is 1090. The van der Waals surface area contributed by atoms with Gasteiger partial charge in [-0.3, -0.25) is 9.59 Å². The number of amides is 1. The van der Waals surface area contributed by atoms with Crippen molar-refractivity contribution in [3.8, 4) is 0 Å². The van der Waals surface area contributed by atoms with E-state index in [4.69, 9.17) is 4.74 Å². The van der Waals surface area contributed by atoms with Crippen LogP contribution < -0.4 is 5.32 Å². The molecule has 1 atom stereocenters. The number of benzene rings is 2. The number of nitrogens with one attached hydrogen (secondary N) is 1. The molecule has 2 aromatic rings. The van der Waals surface area contributed by atoms with Crippen LogP contribution >= 0.6 is 0 Å². The van der Waals surface area contributed by atoms with Gasteiger partial charge < -0.3 is 10.1 Å². The number of rotatable bonds is 8. The lowest BCUT2D eigenvalue weighted by atomic mass is 9.95. The summed E-state index contributed by atoms with van der Waals surface area (Å²) in [5.74, 6) is -1.51. The molecule has 34 heavy (non-hydrogen) atoms. The average Bonchev–Trinajstić information content (AvgIpc) is 2.79. The van der Waals surface area contributed by atoms with Gasteiger partial charge in [0.25, 0.3) is 0 Å². The first-order chi connectivity index (χ1) is 16.1. The highest BCUT2D eigenvalue weighted by atomic mass is 32.2. The average molecular weight is 491 g/mol. The SMILES string of the molecule is Cc1ccc(C(CC(=O)OC(C)C)NC(=O)C2CCN(S(=O)(=O)c3ccc(F)cc3)CC2)cc1. The van der Waals surface area contributed by atoms with Crippen LogP contribution in [0.25, 0.3) is 0 Å². The molecule has 0 aliphatic carbocycles. The Balaban J connectivity index is 1.65. The largest absolute Gasteiger partial charge is 0.463 e. The second kappa shape index (κ2) is 11.1.